The van der Waals surface area contributed by atoms with Gasteiger partial charge in [-0.2, -0.15) is 0 Å². The number of nitrogens with one attached hydrogen (secondary N) is 2. The Morgan fingerprint density at radius 1 is 0.932 bits per heavy atom. The third kappa shape index (κ3) is 8.07. The molecule has 0 aromatic heterocycles. The van der Waals surface area contributed by atoms with E-state index in [2.05, 4.69) is 10.6 Å². The van der Waals surface area contributed by atoms with Gasteiger partial charge in [-0.05, 0) is 26.3 Å². The Labute approximate surface area is 334 Å². The molecule has 2 saturated heterocycles. The summed E-state index contributed by atoms with van der Waals surface area (Å²) >= 11 is 0. The predicted molar refractivity (Wildman–Crippen MR) is 192 cm³/mol. The Morgan fingerprint density at radius 2 is 1.63 bits per heavy atom. The number of carboxylic acids is 1. The van der Waals surface area contributed by atoms with E-state index in [1.54, 1.807) is 0 Å². The summed E-state index contributed by atoms with van der Waals surface area (Å²) < 4.78 is 27.1. The van der Waals surface area contributed by atoms with Crippen molar-refractivity contribution in [1.29, 1.82) is 0 Å². The van der Waals surface area contributed by atoms with Crippen molar-refractivity contribution in [2.24, 2.45) is 0 Å². The van der Waals surface area contributed by atoms with Crippen molar-refractivity contribution in [2.45, 2.75) is 113 Å². The number of carboxylic acid groups (broad SMARTS) is 1. The van der Waals surface area contributed by atoms with Gasteiger partial charge in [0, 0.05) is 48.9 Å². The molecule has 0 unspecified atom stereocenters. The number of carbonyl (C=O) groups excluding carboxylic acids is 5. The number of aliphatic carboxylic acids is 1. The molecule has 21 heteroatoms. The molecule has 0 spiro atoms. The summed E-state index contributed by atoms with van der Waals surface area (Å²) in [6, 6.07) is 3.27. The van der Waals surface area contributed by atoms with Crippen LogP contribution < -0.4 is 15.4 Å². The molecule has 10 N–H and O–H groups in total. The van der Waals surface area contributed by atoms with Crippen LogP contribution in [0.15, 0.2) is 18.2 Å². The van der Waals surface area contributed by atoms with Gasteiger partial charge in [0.2, 0.25) is 18.0 Å². The average Bonchev–Trinajstić information content (AvgIpc) is 3.18. The zero-order valence-electron chi connectivity index (χ0n) is 31.8. The molecule has 0 bridgehead atoms. The first kappa shape index (κ1) is 43.3. The van der Waals surface area contributed by atoms with Crippen molar-refractivity contribution >= 4 is 35.3 Å². The van der Waals surface area contributed by atoms with Crippen LogP contribution in [0.2, 0.25) is 0 Å². The minimum absolute atomic E-state index is 0.00997. The quantitative estimate of drug-likeness (QED) is 0.0783. The number of alkyl carbamates (subject to hydrolysis) is 1. The molecule has 6 rings (SSSR count). The van der Waals surface area contributed by atoms with Gasteiger partial charge in [0.1, 0.15) is 47.3 Å². The number of Topliss-reactive ketones (excluding diaryl/α,β-unsaturated/α-hetero) is 1. The van der Waals surface area contributed by atoms with Gasteiger partial charge in [-0.3, -0.25) is 19.2 Å². The van der Waals surface area contributed by atoms with Gasteiger partial charge in [-0.25, -0.2) is 9.59 Å². The highest BCUT2D eigenvalue weighted by Gasteiger charge is 2.51. The lowest BCUT2D eigenvalue weighted by atomic mass is 9.72. The van der Waals surface area contributed by atoms with Crippen LogP contribution in [0.4, 0.5) is 4.79 Å². The van der Waals surface area contributed by atoms with Crippen LogP contribution in [-0.4, -0.2) is 151 Å². The van der Waals surface area contributed by atoms with E-state index >= 15 is 0 Å². The van der Waals surface area contributed by atoms with Crippen molar-refractivity contribution in [3.63, 3.8) is 0 Å². The largest absolute Gasteiger partial charge is 0.507 e. The van der Waals surface area contributed by atoms with Crippen molar-refractivity contribution in [3.8, 4) is 17.2 Å². The standard InChI is InChI=1S/C38H44N2O19/c1-13-26(43)17(40-20(42)8-5-9-39-37(53)59-36-33(50)31(48)32(49)34(58-36)35(51)52)10-21(56-13)57-19-12-38(54,14(2)41)11-16-23(19)30(47)25-24(28(16)45)27(44)15-6-4-7-18(55-3)22(15)29(25)46/h4,6-7,13,17,19,21,26,31-34,36,43,45,47-50,54H,5,8-12H2,1-3H3,(H,39,53)(H,40,42)(H,51,52)/t13-,17-,19-,21-,26+,31-,32-,33+,34-,36-,38-/m0/s1. The maximum atomic E-state index is 13.9. The molecule has 2 amide bonds. The molecule has 59 heavy (non-hydrogen) atoms. The van der Waals surface area contributed by atoms with E-state index in [-0.39, 0.29) is 53.8 Å². The number of aromatic hydroxyl groups is 2. The molecule has 2 aromatic rings. The van der Waals surface area contributed by atoms with Gasteiger partial charge in [-0.1, -0.05) is 12.1 Å². The highest BCUT2D eigenvalue weighted by molar-refractivity contribution is 6.31. The number of aliphatic hydroxyl groups is 5. The molecule has 2 aliphatic carbocycles. The monoisotopic (exact) mass is 832 g/mol. The van der Waals surface area contributed by atoms with Crippen molar-refractivity contribution in [2.75, 3.05) is 13.7 Å². The SMILES string of the molecule is COc1cccc2c1C(=O)c1c(O)c3c(c(O)c1C2=O)C[C@@](O)(C(C)=O)C[C@@H]3O[C@H]1C[C@H](NC(=O)CCCNC(=O)O[C@@H]2O[C@H](C(=O)O)[C@@H](O)[C@H](O)[C@H]2O)[C@H](O)[C@H](C)O1. The van der Waals surface area contributed by atoms with Crippen molar-refractivity contribution < 1.29 is 93.3 Å². The molecule has 2 fully saturated rings. The number of methoxy groups -OCH3 is 1. The first-order chi connectivity index (χ1) is 27.8. The molecule has 0 radical (unpaired) electrons. The Kier molecular flexibility index (Phi) is 12.3. The van der Waals surface area contributed by atoms with E-state index in [1.807, 2.05) is 0 Å². The third-order valence-corrected chi connectivity index (χ3v) is 11.0. The summed E-state index contributed by atoms with van der Waals surface area (Å²) in [6.45, 7) is 2.42. The molecule has 21 nitrogen and oxygen atoms in total. The Morgan fingerprint density at radius 3 is 2.29 bits per heavy atom. The number of rotatable bonds is 11. The van der Waals surface area contributed by atoms with Crippen molar-refractivity contribution in [3.05, 3.63) is 51.6 Å². The predicted octanol–water partition coefficient (Wildman–Crippen LogP) is -1.41. The van der Waals surface area contributed by atoms with E-state index in [0.717, 1.165) is 6.92 Å². The van der Waals surface area contributed by atoms with Crippen LogP contribution in [0.1, 0.15) is 88.6 Å². The lowest BCUT2D eigenvalue weighted by molar-refractivity contribution is -0.278. The number of ether oxygens (including phenoxy) is 5. The Balaban J connectivity index is 1.13. The third-order valence-electron chi connectivity index (χ3n) is 11.0. The number of carbonyl (C=O) groups is 6. The molecule has 2 aliphatic heterocycles. The number of phenols is 2. The summed E-state index contributed by atoms with van der Waals surface area (Å²) in [5, 5.41) is 89.5. The summed E-state index contributed by atoms with van der Waals surface area (Å²) in [5.41, 5.74) is -3.85. The zero-order valence-corrected chi connectivity index (χ0v) is 31.8. The second-order valence-corrected chi connectivity index (χ2v) is 14.8. The summed E-state index contributed by atoms with van der Waals surface area (Å²) in [7, 11) is 1.29. The minimum atomic E-state index is -2.17. The van der Waals surface area contributed by atoms with E-state index < -0.39 is 138 Å². The molecule has 2 aromatic carbocycles. The van der Waals surface area contributed by atoms with Crippen LogP contribution in [0.3, 0.4) is 0 Å². The van der Waals surface area contributed by atoms with E-state index in [0.29, 0.717) is 0 Å². The van der Waals surface area contributed by atoms with Gasteiger partial charge >= 0.3 is 12.1 Å². The van der Waals surface area contributed by atoms with Gasteiger partial charge in [-0.15, -0.1) is 0 Å². The van der Waals surface area contributed by atoms with E-state index in [4.69, 9.17) is 28.8 Å². The number of amides is 2. The smallest absolute Gasteiger partial charge is 0.409 e. The summed E-state index contributed by atoms with van der Waals surface area (Å²) in [6.07, 6.45) is -17.5. The maximum absolute atomic E-state index is 13.9. The molecule has 320 valence electrons. The van der Waals surface area contributed by atoms with Crippen LogP contribution in [0.5, 0.6) is 17.2 Å². The summed E-state index contributed by atoms with van der Waals surface area (Å²) in [5.74, 6) is -6.05. The summed E-state index contributed by atoms with van der Waals surface area (Å²) in [4.78, 5) is 76.9. The number of benzene rings is 2. The van der Waals surface area contributed by atoms with Crippen LogP contribution in [-0.2, 0) is 39.8 Å². The fourth-order valence-electron chi connectivity index (χ4n) is 7.78. The number of hydrogen-bond donors (Lipinski definition) is 10. The first-order valence-corrected chi connectivity index (χ1v) is 18.5. The molecule has 4 aliphatic rings. The fraction of sp³-hybridized carbons (Fsp3) is 0.526. The first-order valence-electron chi connectivity index (χ1n) is 18.5. The number of fused-ring (bicyclic) bond motifs is 3. The van der Waals surface area contributed by atoms with Crippen molar-refractivity contribution in [1.82, 2.24) is 10.6 Å². The topological polar surface area (TPSA) is 334 Å². The van der Waals surface area contributed by atoms with Crippen LogP contribution >= 0.6 is 0 Å². The lowest BCUT2D eigenvalue weighted by Crippen LogP contribution is -2.61. The molecular weight excluding hydrogens is 788 g/mol. The fourth-order valence-corrected chi connectivity index (χ4v) is 7.78. The second kappa shape index (κ2) is 16.8. The normalized spacial score (nSPS) is 31.3. The van der Waals surface area contributed by atoms with Gasteiger partial charge in [0.05, 0.1) is 42.0 Å². The zero-order chi connectivity index (χ0) is 43.2. The van der Waals surface area contributed by atoms with Gasteiger partial charge < -0.3 is 75.2 Å². The van der Waals surface area contributed by atoms with Gasteiger partial charge in [0.25, 0.3) is 0 Å². The van der Waals surface area contributed by atoms with Crippen LogP contribution in [0.25, 0.3) is 0 Å². The van der Waals surface area contributed by atoms with E-state index in [1.165, 1.54) is 32.2 Å². The highest BCUT2D eigenvalue weighted by Crippen LogP contribution is 2.52. The molecular formula is C38H44N2O19. The molecule has 2 heterocycles. The number of aliphatic hydroxyl groups excluding tert-OH is 4. The number of phenolic OH excluding ortho intramolecular Hbond substituents is 2. The number of hydrogen-bond acceptors (Lipinski definition) is 18. The van der Waals surface area contributed by atoms with Crippen LogP contribution in [0, 0.1) is 0 Å². The Hall–Kier alpha value is -5.26. The van der Waals surface area contributed by atoms with E-state index in [9.17, 15) is 64.5 Å². The molecule has 0 saturated carbocycles. The Bertz CT molecular complexity index is 2060. The van der Waals surface area contributed by atoms with Gasteiger partial charge in [0.15, 0.2) is 24.0 Å². The maximum Gasteiger partial charge on any atom is 0.409 e. The minimum Gasteiger partial charge on any atom is -0.507 e. The molecule has 11 atom stereocenters. The number of ketones is 3. The highest BCUT2D eigenvalue weighted by atomic mass is 16.7. The lowest BCUT2D eigenvalue weighted by Gasteiger charge is -2.42. The second-order valence-electron chi connectivity index (χ2n) is 14.8. The average molecular weight is 833 g/mol.